The van der Waals surface area contributed by atoms with E-state index in [1.54, 1.807) is 0 Å². The average Bonchev–Trinajstić information content (AvgIpc) is 2.55. The third kappa shape index (κ3) is 1.02. The molecule has 72 valence electrons. The van der Waals surface area contributed by atoms with Crippen LogP contribution in [-0.4, -0.2) is 6.54 Å². The Hall–Kier alpha value is -0.960. The van der Waals surface area contributed by atoms with Crippen molar-refractivity contribution in [3.63, 3.8) is 0 Å². The Morgan fingerprint density at radius 3 is 3.14 bits per heavy atom. The highest BCUT2D eigenvalue weighted by molar-refractivity contribution is 9.12. The van der Waals surface area contributed by atoms with Crippen molar-refractivity contribution < 1.29 is 0 Å². The van der Waals surface area contributed by atoms with Gasteiger partial charge in [0, 0.05) is 34.3 Å². The van der Waals surface area contributed by atoms with Gasteiger partial charge < -0.3 is 11.1 Å². The first-order valence-corrected chi connectivity index (χ1v) is 5.55. The normalized spacial score (nSPS) is 33.5. The first-order valence-electron chi connectivity index (χ1n) is 4.76. The highest BCUT2D eigenvalue weighted by atomic mass is 79.9. The van der Waals surface area contributed by atoms with Gasteiger partial charge in [-0.3, -0.25) is 0 Å². The van der Waals surface area contributed by atoms with E-state index in [0.717, 1.165) is 16.7 Å². The summed E-state index contributed by atoms with van der Waals surface area (Å²) in [4.78, 5) is 0. The number of rotatable bonds is 0. The third-order valence-electron chi connectivity index (χ3n) is 3.05. The second kappa shape index (κ2) is 2.76. The van der Waals surface area contributed by atoms with Crippen molar-refractivity contribution in [1.29, 1.82) is 0 Å². The minimum Gasteiger partial charge on any atom is -0.399 e. The molecule has 1 aliphatic heterocycles. The zero-order chi connectivity index (χ0) is 9.71. The molecule has 2 atom stereocenters. The van der Waals surface area contributed by atoms with E-state index < -0.39 is 0 Å². The van der Waals surface area contributed by atoms with Gasteiger partial charge in [0.15, 0.2) is 0 Å². The number of halogens is 1. The Kier molecular flexibility index (Phi) is 1.65. The SMILES string of the molecule is NC1=CC2CNC3=CC=C(Br)C(=C1)C32. The minimum absolute atomic E-state index is 0.502. The van der Waals surface area contributed by atoms with Crippen LogP contribution in [0.1, 0.15) is 0 Å². The lowest BCUT2D eigenvalue weighted by molar-refractivity contribution is 0.592. The van der Waals surface area contributed by atoms with Crippen molar-refractivity contribution in [2.75, 3.05) is 6.54 Å². The number of allylic oxidation sites excluding steroid dienone is 5. The number of nitrogens with one attached hydrogen (secondary N) is 1. The average molecular weight is 251 g/mol. The first kappa shape index (κ1) is 8.36. The van der Waals surface area contributed by atoms with E-state index in [9.17, 15) is 0 Å². The summed E-state index contributed by atoms with van der Waals surface area (Å²) in [6.07, 6.45) is 8.47. The minimum atomic E-state index is 0.502. The third-order valence-corrected chi connectivity index (χ3v) is 3.78. The van der Waals surface area contributed by atoms with Crippen LogP contribution in [0, 0.1) is 11.8 Å². The molecule has 2 nitrogen and oxygen atoms in total. The largest absolute Gasteiger partial charge is 0.399 e. The second-order valence-electron chi connectivity index (χ2n) is 3.93. The Balaban J connectivity index is 2.16. The number of nitrogens with two attached hydrogens (primary N) is 1. The molecular weight excluding hydrogens is 240 g/mol. The van der Waals surface area contributed by atoms with Gasteiger partial charge in [-0.25, -0.2) is 0 Å². The smallest absolute Gasteiger partial charge is 0.0330 e. The van der Waals surface area contributed by atoms with Crippen molar-refractivity contribution >= 4 is 15.9 Å². The molecule has 3 heteroatoms. The van der Waals surface area contributed by atoms with Gasteiger partial charge >= 0.3 is 0 Å². The fraction of sp³-hybridized carbons (Fsp3) is 0.273. The van der Waals surface area contributed by atoms with Gasteiger partial charge in [0.05, 0.1) is 0 Å². The summed E-state index contributed by atoms with van der Waals surface area (Å²) in [6.45, 7) is 1.00. The molecule has 0 aromatic heterocycles. The molecule has 3 N–H and O–H groups in total. The summed E-state index contributed by atoms with van der Waals surface area (Å²) in [6, 6.07) is 0. The summed E-state index contributed by atoms with van der Waals surface area (Å²) < 4.78 is 1.16. The Morgan fingerprint density at radius 2 is 2.29 bits per heavy atom. The second-order valence-corrected chi connectivity index (χ2v) is 4.78. The molecule has 2 aliphatic carbocycles. The lowest BCUT2D eigenvalue weighted by Crippen LogP contribution is -2.20. The molecule has 0 aromatic rings. The topological polar surface area (TPSA) is 38.0 Å². The molecule has 2 unspecified atom stereocenters. The van der Waals surface area contributed by atoms with Gasteiger partial charge in [-0.15, -0.1) is 0 Å². The molecule has 0 amide bonds. The van der Waals surface area contributed by atoms with Crippen molar-refractivity contribution in [2.24, 2.45) is 17.6 Å². The highest BCUT2D eigenvalue weighted by Crippen LogP contribution is 2.43. The van der Waals surface area contributed by atoms with Crippen LogP contribution in [-0.2, 0) is 0 Å². The molecule has 14 heavy (non-hydrogen) atoms. The van der Waals surface area contributed by atoms with E-state index in [-0.39, 0.29) is 0 Å². The predicted octanol–water partition coefficient (Wildman–Crippen LogP) is 1.78. The maximum Gasteiger partial charge on any atom is 0.0330 e. The Labute approximate surface area is 91.4 Å². The van der Waals surface area contributed by atoms with Crippen molar-refractivity contribution in [3.05, 3.63) is 45.8 Å². The molecule has 3 rings (SSSR count). The van der Waals surface area contributed by atoms with Crippen LogP contribution < -0.4 is 11.1 Å². The molecule has 0 aromatic carbocycles. The molecular formula is C11H11BrN2. The fourth-order valence-corrected chi connectivity index (χ4v) is 2.94. The quantitative estimate of drug-likeness (QED) is 0.688. The van der Waals surface area contributed by atoms with E-state index in [1.807, 2.05) is 0 Å². The van der Waals surface area contributed by atoms with Crippen LogP contribution in [0.4, 0.5) is 0 Å². The van der Waals surface area contributed by atoms with Gasteiger partial charge in [-0.1, -0.05) is 22.0 Å². The maximum absolute atomic E-state index is 5.88. The monoisotopic (exact) mass is 250 g/mol. The first-order chi connectivity index (χ1) is 6.75. The molecule has 0 saturated carbocycles. The van der Waals surface area contributed by atoms with Gasteiger partial charge in [-0.2, -0.15) is 0 Å². The predicted molar refractivity (Wildman–Crippen MR) is 60.4 cm³/mol. The number of hydrogen-bond donors (Lipinski definition) is 2. The molecule has 1 heterocycles. The van der Waals surface area contributed by atoms with Gasteiger partial charge in [0.2, 0.25) is 0 Å². The summed E-state index contributed by atoms with van der Waals surface area (Å²) in [5, 5.41) is 3.43. The fourth-order valence-electron chi connectivity index (χ4n) is 2.45. The van der Waals surface area contributed by atoms with Gasteiger partial charge in [0.25, 0.3) is 0 Å². The lowest BCUT2D eigenvalue weighted by Gasteiger charge is -2.26. The maximum atomic E-state index is 5.88. The zero-order valence-corrected chi connectivity index (χ0v) is 9.21. The van der Waals surface area contributed by atoms with Crippen LogP contribution >= 0.6 is 15.9 Å². The van der Waals surface area contributed by atoms with Gasteiger partial charge in [0.1, 0.15) is 0 Å². The van der Waals surface area contributed by atoms with E-state index in [1.165, 1.54) is 11.3 Å². The molecule has 0 spiro atoms. The van der Waals surface area contributed by atoms with Crippen LogP contribution in [0.15, 0.2) is 45.8 Å². The van der Waals surface area contributed by atoms with Crippen LogP contribution in [0.2, 0.25) is 0 Å². The summed E-state index contributed by atoms with van der Waals surface area (Å²) in [5.74, 6) is 1.03. The summed E-state index contributed by atoms with van der Waals surface area (Å²) in [5.41, 5.74) is 9.41. The lowest BCUT2D eigenvalue weighted by atomic mass is 9.80. The Bertz CT molecular complexity index is 415. The van der Waals surface area contributed by atoms with Crippen molar-refractivity contribution in [1.82, 2.24) is 5.32 Å². The molecule has 0 radical (unpaired) electrons. The van der Waals surface area contributed by atoms with E-state index in [0.29, 0.717) is 11.8 Å². The zero-order valence-electron chi connectivity index (χ0n) is 7.63. The highest BCUT2D eigenvalue weighted by Gasteiger charge is 2.37. The standard InChI is InChI=1S/C11H11BrN2/c12-9-1-2-10-11-6(5-14-10)3-7(13)4-8(9)11/h1-4,6,11,14H,5,13H2. The van der Waals surface area contributed by atoms with E-state index in [2.05, 4.69) is 45.6 Å². The van der Waals surface area contributed by atoms with E-state index in [4.69, 9.17) is 5.73 Å². The van der Waals surface area contributed by atoms with Crippen molar-refractivity contribution in [3.8, 4) is 0 Å². The van der Waals surface area contributed by atoms with Crippen LogP contribution in [0.5, 0.6) is 0 Å². The summed E-state index contributed by atoms with van der Waals surface area (Å²) in [7, 11) is 0. The molecule has 3 aliphatic rings. The summed E-state index contributed by atoms with van der Waals surface area (Å²) >= 11 is 3.58. The van der Waals surface area contributed by atoms with E-state index >= 15 is 0 Å². The van der Waals surface area contributed by atoms with Crippen LogP contribution in [0.3, 0.4) is 0 Å². The Morgan fingerprint density at radius 1 is 1.43 bits per heavy atom. The molecule has 1 saturated heterocycles. The van der Waals surface area contributed by atoms with Crippen LogP contribution in [0.25, 0.3) is 0 Å². The van der Waals surface area contributed by atoms with Crippen molar-refractivity contribution in [2.45, 2.75) is 0 Å². The molecule has 0 bridgehead atoms. The van der Waals surface area contributed by atoms with Gasteiger partial charge in [-0.05, 0) is 23.8 Å². The molecule has 1 fully saturated rings. The number of hydrogen-bond acceptors (Lipinski definition) is 2.